The molecule has 0 unspecified atom stereocenters. The van der Waals surface area contributed by atoms with Crippen LogP contribution in [-0.2, 0) is 17.8 Å². The van der Waals surface area contributed by atoms with E-state index in [9.17, 15) is 13.6 Å². The number of rotatable bonds is 1. The number of amides is 1. The molecule has 3 rings (SSSR count). The number of carbonyl (C=O) groups is 1. The Bertz CT molecular complexity index is 681. The van der Waals surface area contributed by atoms with Crippen molar-refractivity contribution in [3.63, 3.8) is 0 Å². The maximum Gasteiger partial charge on any atom is 0.219 e. The molecule has 1 aliphatic rings. The van der Waals surface area contributed by atoms with Crippen LogP contribution in [0.4, 0.5) is 8.78 Å². The van der Waals surface area contributed by atoms with Gasteiger partial charge in [0.1, 0.15) is 0 Å². The molecular formula is C14H13F2N3O. The maximum absolute atomic E-state index is 13.3. The van der Waals surface area contributed by atoms with Gasteiger partial charge in [0.15, 0.2) is 11.6 Å². The Morgan fingerprint density at radius 1 is 1.35 bits per heavy atom. The van der Waals surface area contributed by atoms with Crippen LogP contribution in [0.1, 0.15) is 18.2 Å². The summed E-state index contributed by atoms with van der Waals surface area (Å²) in [6.45, 7) is 2.60. The zero-order valence-corrected chi connectivity index (χ0v) is 10.9. The molecule has 0 fully saturated rings. The lowest BCUT2D eigenvalue weighted by Gasteiger charge is -2.25. The fourth-order valence-corrected chi connectivity index (χ4v) is 2.45. The minimum Gasteiger partial charge on any atom is -0.338 e. The van der Waals surface area contributed by atoms with Crippen LogP contribution >= 0.6 is 0 Å². The third kappa shape index (κ3) is 2.07. The van der Waals surface area contributed by atoms with Crippen LogP contribution in [0.5, 0.6) is 0 Å². The number of nitrogens with zero attached hydrogens (tertiary/aromatic N) is 2. The number of nitrogens with one attached hydrogen (secondary N) is 1. The molecule has 6 heteroatoms. The van der Waals surface area contributed by atoms with E-state index in [1.807, 2.05) is 0 Å². The molecule has 0 radical (unpaired) electrons. The summed E-state index contributed by atoms with van der Waals surface area (Å²) in [4.78, 5) is 13.2. The minimum atomic E-state index is -0.904. The zero-order valence-electron chi connectivity index (χ0n) is 10.9. The lowest BCUT2D eigenvalue weighted by atomic mass is 10.0. The second kappa shape index (κ2) is 4.70. The Balaban J connectivity index is 2.02. The highest BCUT2D eigenvalue weighted by Crippen LogP contribution is 2.29. The predicted molar refractivity (Wildman–Crippen MR) is 68.7 cm³/mol. The predicted octanol–water partition coefficient (Wildman–Crippen LogP) is 2.26. The van der Waals surface area contributed by atoms with E-state index in [1.54, 1.807) is 4.90 Å². The van der Waals surface area contributed by atoms with Crippen molar-refractivity contribution >= 4 is 5.91 Å². The molecule has 104 valence electrons. The van der Waals surface area contributed by atoms with E-state index in [-0.39, 0.29) is 5.91 Å². The van der Waals surface area contributed by atoms with Crippen LogP contribution in [0.3, 0.4) is 0 Å². The van der Waals surface area contributed by atoms with Gasteiger partial charge in [0.05, 0.1) is 5.69 Å². The Labute approximate surface area is 114 Å². The number of fused-ring (bicyclic) bond motifs is 1. The molecule has 0 saturated heterocycles. The number of aromatic nitrogens is 2. The number of aromatic amines is 1. The first-order chi connectivity index (χ1) is 9.56. The van der Waals surface area contributed by atoms with Crippen LogP contribution in [-0.4, -0.2) is 27.5 Å². The molecule has 0 saturated carbocycles. The molecule has 1 N–H and O–H groups in total. The van der Waals surface area contributed by atoms with Crippen LogP contribution in [0.25, 0.3) is 11.3 Å². The van der Waals surface area contributed by atoms with Gasteiger partial charge < -0.3 is 4.90 Å². The molecule has 0 atom stereocenters. The topological polar surface area (TPSA) is 49.0 Å². The van der Waals surface area contributed by atoms with Crippen molar-refractivity contribution < 1.29 is 13.6 Å². The number of hydrogen-bond donors (Lipinski definition) is 1. The van der Waals surface area contributed by atoms with E-state index >= 15 is 0 Å². The molecular weight excluding hydrogens is 264 g/mol. The molecule has 0 aliphatic carbocycles. The minimum absolute atomic E-state index is 0.00640. The van der Waals surface area contributed by atoms with Gasteiger partial charge in [0.2, 0.25) is 5.91 Å². The lowest BCUT2D eigenvalue weighted by Crippen LogP contribution is -2.34. The van der Waals surface area contributed by atoms with Crippen molar-refractivity contribution in [2.24, 2.45) is 0 Å². The average Bonchev–Trinajstić information content (AvgIpc) is 2.84. The van der Waals surface area contributed by atoms with Crippen molar-refractivity contribution in [1.29, 1.82) is 0 Å². The molecule has 2 heterocycles. The highest BCUT2D eigenvalue weighted by atomic mass is 19.2. The van der Waals surface area contributed by atoms with Gasteiger partial charge in [-0.25, -0.2) is 8.78 Å². The first-order valence-corrected chi connectivity index (χ1v) is 6.33. The largest absolute Gasteiger partial charge is 0.338 e. The second-order valence-electron chi connectivity index (χ2n) is 4.85. The molecule has 20 heavy (non-hydrogen) atoms. The highest BCUT2D eigenvalue weighted by Gasteiger charge is 2.24. The van der Waals surface area contributed by atoms with E-state index in [4.69, 9.17) is 0 Å². The van der Waals surface area contributed by atoms with Crippen LogP contribution in [0.15, 0.2) is 18.2 Å². The second-order valence-corrected chi connectivity index (χ2v) is 4.85. The smallest absolute Gasteiger partial charge is 0.219 e. The van der Waals surface area contributed by atoms with Gasteiger partial charge in [-0.15, -0.1) is 0 Å². The summed E-state index contributed by atoms with van der Waals surface area (Å²) in [5, 5.41) is 7.09. The van der Waals surface area contributed by atoms with Crippen molar-refractivity contribution in [2.45, 2.75) is 19.9 Å². The molecule has 1 aromatic carbocycles. The van der Waals surface area contributed by atoms with Crippen molar-refractivity contribution in [1.82, 2.24) is 15.1 Å². The zero-order chi connectivity index (χ0) is 14.3. The molecule has 2 aromatic rings. The number of halogens is 2. The Hall–Kier alpha value is -2.24. The molecule has 1 aromatic heterocycles. The maximum atomic E-state index is 13.3. The van der Waals surface area contributed by atoms with E-state index < -0.39 is 11.6 Å². The Morgan fingerprint density at radius 2 is 2.15 bits per heavy atom. The fraction of sp³-hybridized carbons (Fsp3) is 0.286. The van der Waals surface area contributed by atoms with Gasteiger partial charge in [-0.05, 0) is 18.2 Å². The van der Waals surface area contributed by atoms with Gasteiger partial charge in [-0.3, -0.25) is 9.89 Å². The summed E-state index contributed by atoms with van der Waals surface area (Å²) < 4.78 is 26.3. The average molecular weight is 277 g/mol. The van der Waals surface area contributed by atoms with Crippen molar-refractivity contribution in [3.05, 3.63) is 41.1 Å². The summed E-state index contributed by atoms with van der Waals surface area (Å²) in [5.74, 6) is -1.80. The monoisotopic (exact) mass is 277 g/mol. The first kappa shape index (κ1) is 12.8. The molecule has 1 aliphatic heterocycles. The number of hydrogen-bond acceptors (Lipinski definition) is 2. The summed E-state index contributed by atoms with van der Waals surface area (Å²) in [5.41, 5.74) is 2.90. The first-order valence-electron chi connectivity index (χ1n) is 6.33. The molecule has 0 bridgehead atoms. The Kier molecular flexibility index (Phi) is 3.00. The lowest BCUT2D eigenvalue weighted by molar-refractivity contribution is -0.129. The van der Waals surface area contributed by atoms with Gasteiger partial charge >= 0.3 is 0 Å². The summed E-state index contributed by atoms with van der Waals surface area (Å²) >= 11 is 0. The standard InChI is InChI=1S/C14H13F2N3O/c1-8(20)19-5-4-13-10(7-19)14(18-17-13)9-2-3-11(15)12(16)6-9/h2-3,6H,4-5,7H2,1H3,(H,17,18). The highest BCUT2D eigenvalue weighted by molar-refractivity contribution is 5.74. The van der Waals surface area contributed by atoms with E-state index in [0.29, 0.717) is 30.8 Å². The third-order valence-corrected chi connectivity index (χ3v) is 3.57. The van der Waals surface area contributed by atoms with Crippen LogP contribution in [0.2, 0.25) is 0 Å². The van der Waals surface area contributed by atoms with Crippen molar-refractivity contribution in [3.8, 4) is 11.3 Å². The van der Waals surface area contributed by atoms with Gasteiger partial charge in [-0.2, -0.15) is 5.10 Å². The number of H-pyrrole nitrogens is 1. The number of benzene rings is 1. The van der Waals surface area contributed by atoms with Crippen LogP contribution < -0.4 is 0 Å². The molecule has 0 spiro atoms. The third-order valence-electron chi connectivity index (χ3n) is 3.57. The quantitative estimate of drug-likeness (QED) is 0.869. The summed E-state index contributed by atoms with van der Waals surface area (Å²) in [6.07, 6.45) is 0.686. The molecule has 1 amide bonds. The normalized spacial score (nSPS) is 14.2. The summed E-state index contributed by atoms with van der Waals surface area (Å²) in [6, 6.07) is 3.69. The SMILES string of the molecule is CC(=O)N1CCc2[nH]nc(-c3ccc(F)c(F)c3)c2C1. The van der Waals surface area contributed by atoms with Crippen molar-refractivity contribution in [2.75, 3.05) is 6.54 Å². The van der Waals surface area contributed by atoms with E-state index in [1.165, 1.54) is 13.0 Å². The van der Waals surface area contributed by atoms with Gasteiger partial charge in [0.25, 0.3) is 0 Å². The van der Waals surface area contributed by atoms with E-state index in [2.05, 4.69) is 10.2 Å². The van der Waals surface area contributed by atoms with Gasteiger partial charge in [0, 0.05) is 43.3 Å². The summed E-state index contributed by atoms with van der Waals surface area (Å²) in [7, 11) is 0. The number of carbonyl (C=O) groups excluding carboxylic acids is 1. The van der Waals surface area contributed by atoms with E-state index in [0.717, 1.165) is 23.4 Å². The molecule has 4 nitrogen and oxygen atoms in total. The fourth-order valence-electron chi connectivity index (χ4n) is 2.45. The van der Waals surface area contributed by atoms with Crippen LogP contribution in [0, 0.1) is 11.6 Å². The Morgan fingerprint density at radius 3 is 2.85 bits per heavy atom. The van der Waals surface area contributed by atoms with Gasteiger partial charge in [-0.1, -0.05) is 0 Å².